The lowest BCUT2D eigenvalue weighted by atomic mass is 9.88. The molecule has 0 bridgehead atoms. The van der Waals surface area contributed by atoms with Gasteiger partial charge in [-0.3, -0.25) is 14.5 Å². The molecule has 4 rings (SSSR count). The summed E-state index contributed by atoms with van der Waals surface area (Å²) in [4.78, 5) is 32.1. The Labute approximate surface area is 195 Å². The van der Waals surface area contributed by atoms with Crippen LogP contribution in [0.25, 0.3) is 0 Å². The van der Waals surface area contributed by atoms with Gasteiger partial charge in [-0.25, -0.2) is 4.99 Å². The first-order chi connectivity index (χ1) is 15.8. The van der Waals surface area contributed by atoms with Crippen molar-refractivity contribution < 1.29 is 14.3 Å². The number of amides is 2. The van der Waals surface area contributed by atoms with Crippen LogP contribution in [0.5, 0.6) is 5.75 Å². The zero-order valence-corrected chi connectivity index (χ0v) is 19.6. The lowest BCUT2D eigenvalue weighted by Crippen LogP contribution is -2.50. The minimum atomic E-state index is -0.405. The molecular weight excluding hydrogens is 416 g/mol. The van der Waals surface area contributed by atoms with Gasteiger partial charge >= 0.3 is 0 Å². The predicted octanol–water partition coefficient (Wildman–Crippen LogP) is 3.85. The molecule has 2 aliphatic heterocycles. The number of nitrogens with zero attached hydrogens (tertiary/aromatic N) is 2. The Kier molecular flexibility index (Phi) is 6.40. The highest BCUT2D eigenvalue weighted by atomic mass is 16.5. The first-order valence-electron chi connectivity index (χ1n) is 11.6. The van der Waals surface area contributed by atoms with Crippen LogP contribution < -0.4 is 15.8 Å². The Balaban J connectivity index is 1.49. The van der Waals surface area contributed by atoms with E-state index in [9.17, 15) is 9.59 Å². The second-order valence-corrected chi connectivity index (χ2v) is 8.96. The Morgan fingerprint density at radius 3 is 2.76 bits per heavy atom. The number of hydrogen-bond donors (Lipinski definition) is 2. The molecule has 2 aliphatic rings. The van der Waals surface area contributed by atoms with Crippen LogP contribution >= 0.6 is 0 Å². The maximum Gasteiger partial charge on any atom is 0.251 e. The minimum absolute atomic E-state index is 0.0322. The number of fused-ring (bicyclic) bond motifs is 1. The number of aryl methyl sites for hydroxylation is 1. The van der Waals surface area contributed by atoms with E-state index in [0.29, 0.717) is 25.0 Å². The van der Waals surface area contributed by atoms with Gasteiger partial charge in [0.1, 0.15) is 5.75 Å². The van der Waals surface area contributed by atoms with Crippen LogP contribution in [-0.2, 0) is 11.3 Å². The number of benzene rings is 2. The minimum Gasteiger partial charge on any atom is -0.493 e. The summed E-state index contributed by atoms with van der Waals surface area (Å²) in [6, 6.07) is 13.2. The molecule has 2 amide bonds. The number of nitrogens with one attached hydrogen (secondary N) is 1. The standard InChI is InChI=1S/C26H32N4O3/c1-4-26(5-2)15-23(31)30(25(27)29-26)16-18-7-6-8-19(14-18)24(32)28-21-11-12-33-22-10-9-17(3)13-20(21)22/h6-10,13-14,21H,4-5,11-12,15-16H2,1-3H3,(H2,27,29)(H,28,32)/t21-/m0/s1. The van der Waals surface area contributed by atoms with Crippen LogP contribution in [0, 0.1) is 6.92 Å². The van der Waals surface area contributed by atoms with Crippen molar-refractivity contribution in [2.24, 2.45) is 10.7 Å². The van der Waals surface area contributed by atoms with E-state index in [1.807, 2.05) is 51.1 Å². The van der Waals surface area contributed by atoms with Gasteiger partial charge < -0.3 is 15.8 Å². The monoisotopic (exact) mass is 448 g/mol. The third-order valence-electron chi connectivity index (χ3n) is 6.77. The van der Waals surface area contributed by atoms with E-state index < -0.39 is 5.54 Å². The molecule has 1 atom stereocenters. The molecule has 3 N–H and O–H groups in total. The summed E-state index contributed by atoms with van der Waals surface area (Å²) in [5, 5.41) is 3.15. The van der Waals surface area contributed by atoms with Crippen molar-refractivity contribution in [3.63, 3.8) is 0 Å². The Bertz CT molecular complexity index is 1090. The van der Waals surface area contributed by atoms with Gasteiger partial charge in [0.15, 0.2) is 5.96 Å². The molecule has 0 aliphatic carbocycles. The fraction of sp³-hybridized carbons (Fsp3) is 0.423. The number of hydrogen-bond acceptors (Lipinski definition) is 5. The second kappa shape index (κ2) is 9.25. The highest BCUT2D eigenvalue weighted by Gasteiger charge is 2.37. The first-order valence-corrected chi connectivity index (χ1v) is 11.6. The average Bonchev–Trinajstić information content (AvgIpc) is 2.82. The zero-order chi connectivity index (χ0) is 23.6. The topological polar surface area (TPSA) is 97.0 Å². The Hall–Kier alpha value is -3.35. The molecule has 0 saturated heterocycles. The summed E-state index contributed by atoms with van der Waals surface area (Å²) in [5.74, 6) is 0.882. The lowest BCUT2D eigenvalue weighted by Gasteiger charge is -2.36. The largest absolute Gasteiger partial charge is 0.493 e. The molecule has 2 aromatic rings. The summed E-state index contributed by atoms with van der Waals surface area (Å²) >= 11 is 0. The third kappa shape index (κ3) is 4.72. The third-order valence-corrected chi connectivity index (χ3v) is 6.77. The Morgan fingerprint density at radius 2 is 2.03 bits per heavy atom. The fourth-order valence-corrected chi connectivity index (χ4v) is 4.57. The molecule has 7 nitrogen and oxygen atoms in total. The molecule has 0 saturated carbocycles. The summed E-state index contributed by atoms with van der Waals surface area (Å²) in [6.07, 6.45) is 2.61. The van der Waals surface area contributed by atoms with Crippen LogP contribution in [-0.4, -0.2) is 34.8 Å². The van der Waals surface area contributed by atoms with Crippen LogP contribution in [0.3, 0.4) is 0 Å². The number of ether oxygens (including phenoxy) is 1. The van der Waals surface area contributed by atoms with Gasteiger partial charge in [0, 0.05) is 17.5 Å². The van der Waals surface area contributed by atoms with Crippen molar-refractivity contribution in [1.82, 2.24) is 10.2 Å². The van der Waals surface area contributed by atoms with Gasteiger partial charge in [-0.05, 0) is 43.5 Å². The molecular formula is C26H32N4O3. The van der Waals surface area contributed by atoms with E-state index >= 15 is 0 Å². The van der Waals surface area contributed by atoms with Crippen molar-refractivity contribution in [2.45, 2.75) is 64.6 Å². The smallest absolute Gasteiger partial charge is 0.251 e. The van der Waals surface area contributed by atoms with E-state index in [4.69, 9.17) is 10.5 Å². The van der Waals surface area contributed by atoms with Crippen molar-refractivity contribution in [1.29, 1.82) is 0 Å². The van der Waals surface area contributed by atoms with E-state index in [0.717, 1.165) is 35.3 Å². The quantitative estimate of drug-likeness (QED) is 0.701. The number of carbonyl (C=O) groups excluding carboxylic acids is 2. The van der Waals surface area contributed by atoms with Crippen molar-refractivity contribution in [3.8, 4) is 5.75 Å². The molecule has 0 radical (unpaired) electrons. The van der Waals surface area contributed by atoms with Crippen LogP contribution in [0.4, 0.5) is 0 Å². The van der Waals surface area contributed by atoms with E-state index in [-0.39, 0.29) is 30.4 Å². The van der Waals surface area contributed by atoms with E-state index in [2.05, 4.69) is 16.4 Å². The number of rotatable bonds is 6. The molecule has 2 aromatic carbocycles. The number of carbonyl (C=O) groups is 2. The van der Waals surface area contributed by atoms with Crippen LogP contribution in [0.1, 0.15) is 72.6 Å². The van der Waals surface area contributed by atoms with E-state index in [1.165, 1.54) is 4.90 Å². The van der Waals surface area contributed by atoms with Crippen LogP contribution in [0.2, 0.25) is 0 Å². The molecule has 0 fully saturated rings. The molecule has 0 aromatic heterocycles. The summed E-state index contributed by atoms with van der Waals surface area (Å²) in [5.41, 5.74) is 9.29. The van der Waals surface area contributed by atoms with Gasteiger partial charge in [-0.15, -0.1) is 0 Å². The number of nitrogens with two attached hydrogens (primary N) is 1. The summed E-state index contributed by atoms with van der Waals surface area (Å²) in [6.45, 7) is 6.94. The fourth-order valence-electron chi connectivity index (χ4n) is 4.57. The van der Waals surface area contributed by atoms with Crippen molar-refractivity contribution >= 4 is 17.8 Å². The normalized spacial score (nSPS) is 19.4. The highest BCUT2D eigenvalue weighted by Crippen LogP contribution is 2.33. The van der Waals surface area contributed by atoms with Gasteiger partial charge in [-0.1, -0.05) is 43.7 Å². The van der Waals surface area contributed by atoms with Crippen molar-refractivity contribution in [3.05, 3.63) is 64.7 Å². The summed E-state index contributed by atoms with van der Waals surface area (Å²) in [7, 11) is 0. The molecule has 0 spiro atoms. The summed E-state index contributed by atoms with van der Waals surface area (Å²) < 4.78 is 5.74. The second-order valence-electron chi connectivity index (χ2n) is 8.96. The molecule has 2 heterocycles. The average molecular weight is 449 g/mol. The number of aliphatic imine (C=N–C) groups is 1. The Morgan fingerprint density at radius 1 is 1.24 bits per heavy atom. The lowest BCUT2D eigenvalue weighted by molar-refractivity contribution is -0.130. The predicted molar refractivity (Wildman–Crippen MR) is 128 cm³/mol. The van der Waals surface area contributed by atoms with Crippen LogP contribution in [0.15, 0.2) is 47.5 Å². The van der Waals surface area contributed by atoms with Crippen molar-refractivity contribution in [2.75, 3.05) is 6.61 Å². The van der Waals surface area contributed by atoms with Gasteiger partial charge in [0.05, 0.1) is 31.2 Å². The maximum absolute atomic E-state index is 13.1. The zero-order valence-electron chi connectivity index (χ0n) is 19.6. The van der Waals surface area contributed by atoms with Gasteiger partial charge in [0.2, 0.25) is 5.91 Å². The molecule has 7 heteroatoms. The highest BCUT2D eigenvalue weighted by molar-refractivity contribution is 5.99. The van der Waals surface area contributed by atoms with E-state index in [1.54, 1.807) is 6.07 Å². The maximum atomic E-state index is 13.1. The molecule has 0 unspecified atom stereocenters. The van der Waals surface area contributed by atoms with Gasteiger partial charge in [0.25, 0.3) is 5.91 Å². The SMILES string of the molecule is CCC1(CC)CC(=O)N(Cc2cccc(C(=O)N[C@H]3CCOc4ccc(C)cc43)c2)C(N)=N1. The molecule has 174 valence electrons. The molecule has 33 heavy (non-hydrogen) atoms. The van der Waals surface area contributed by atoms with Gasteiger partial charge in [-0.2, -0.15) is 0 Å². The first kappa shape index (κ1) is 22.8. The number of guanidine groups is 1.